The second-order valence-electron chi connectivity index (χ2n) is 4.00. The van der Waals surface area contributed by atoms with Crippen molar-refractivity contribution in [2.24, 2.45) is 0 Å². The van der Waals surface area contributed by atoms with E-state index < -0.39 is 5.97 Å². The number of carbonyl (C=O) groups is 1. The monoisotopic (exact) mass is 295 g/mol. The Morgan fingerprint density at radius 2 is 1.95 bits per heavy atom. The number of halogens is 2. The van der Waals surface area contributed by atoms with Crippen molar-refractivity contribution in [1.29, 1.82) is 0 Å². The molecule has 0 saturated carbocycles. The van der Waals surface area contributed by atoms with Crippen LogP contribution < -0.4 is 0 Å². The Morgan fingerprint density at radius 1 is 1.21 bits per heavy atom. The topological polar surface area (TPSA) is 39.2 Å². The zero-order chi connectivity index (χ0) is 14.0. The van der Waals surface area contributed by atoms with Crippen molar-refractivity contribution < 1.29 is 9.53 Å². The highest BCUT2D eigenvalue weighted by molar-refractivity contribution is 6.35. The van der Waals surface area contributed by atoms with Crippen LogP contribution in [0.15, 0.2) is 30.3 Å². The lowest BCUT2D eigenvalue weighted by molar-refractivity contribution is 0.0594. The van der Waals surface area contributed by atoms with Crippen molar-refractivity contribution in [2.75, 3.05) is 7.11 Å². The molecule has 0 aliphatic heterocycles. The summed E-state index contributed by atoms with van der Waals surface area (Å²) in [6, 6.07) is 8.65. The Morgan fingerprint density at radius 3 is 2.63 bits per heavy atom. The maximum absolute atomic E-state index is 11.6. The molecule has 1 aromatic carbocycles. The van der Waals surface area contributed by atoms with Crippen LogP contribution in [-0.2, 0) is 4.74 Å². The van der Waals surface area contributed by atoms with Gasteiger partial charge in [0.2, 0.25) is 0 Å². The summed E-state index contributed by atoms with van der Waals surface area (Å²) in [6.07, 6.45) is 0. The van der Waals surface area contributed by atoms with Crippen LogP contribution in [0.1, 0.15) is 16.2 Å². The first-order valence-electron chi connectivity index (χ1n) is 5.53. The molecule has 0 aliphatic rings. The number of pyridine rings is 1. The number of benzene rings is 1. The quantitative estimate of drug-likeness (QED) is 0.781. The van der Waals surface area contributed by atoms with E-state index >= 15 is 0 Å². The van der Waals surface area contributed by atoms with Gasteiger partial charge >= 0.3 is 5.97 Å². The molecule has 0 saturated heterocycles. The van der Waals surface area contributed by atoms with Crippen LogP contribution in [0.3, 0.4) is 0 Å². The van der Waals surface area contributed by atoms with E-state index in [9.17, 15) is 4.79 Å². The third-order valence-electron chi connectivity index (χ3n) is 2.59. The molecule has 0 aliphatic carbocycles. The molecule has 5 heteroatoms. The molecule has 0 amide bonds. The highest BCUT2D eigenvalue weighted by atomic mass is 35.5. The predicted molar refractivity (Wildman–Crippen MR) is 75.8 cm³/mol. The average Bonchev–Trinajstić information content (AvgIpc) is 2.39. The van der Waals surface area contributed by atoms with Crippen molar-refractivity contribution in [2.45, 2.75) is 6.92 Å². The van der Waals surface area contributed by atoms with Crippen LogP contribution in [0.4, 0.5) is 0 Å². The summed E-state index contributed by atoms with van der Waals surface area (Å²) >= 11 is 12.1. The lowest BCUT2D eigenvalue weighted by atomic mass is 10.0. The van der Waals surface area contributed by atoms with Gasteiger partial charge in [0.15, 0.2) is 0 Å². The third kappa shape index (κ3) is 3.06. The minimum Gasteiger partial charge on any atom is -0.464 e. The lowest BCUT2D eigenvalue weighted by Gasteiger charge is -2.08. The molecular formula is C14H11Cl2NO2. The van der Waals surface area contributed by atoms with Gasteiger partial charge in [0.25, 0.3) is 0 Å². The van der Waals surface area contributed by atoms with Gasteiger partial charge in [-0.15, -0.1) is 0 Å². The third-order valence-corrected chi connectivity index (χ3v) is 3.15. The van der Waals surface area contributed by atoms with Gasteiger partial charge < -0.3 is 4.74 Å². The first kappa shape index (κ1) is 13.8. The molecule has 19 heavy (non-hydrogen) atoms. The van der Waals surface area contributed by atoms with E-state index in [1.54, 1.807) is 31.2 Å². The molecule has 98 valence electrons. The summed E-state index contributed by atoms with van der Waals surface area (Å²) in [5, 5.41) is 1.14. The highest BCUT2D eigenvalue weighted by Gasteiger charge is 2.12. The van der Waals surface area contributed by atoms with Crippen molar-refractivity contribution in [1.82, 2.24) is 4.98 Å². The summed E-state index contributed by atoms with van der Waals surface area (Å²) in [5.74, 6) is -0.483. The number of nitrogens with zero attached hydrogens (tertiary/aromatic N) is 1. The van der Waals surface area contributed by atoms with E-state index in [4.69, 9.17) is 23.2 Å². The second kappa shape index (κ2) is 5.59. The van der Waals surface area contributed by atoms with E-state index in [0.29, 0.717) is 15.7 Å². The maximum Gasteiger partial charge on any atom is 0.356 e. The number of carbonyl (C=O) groups excluding carboxylic acids is 1. The summed E-state index contributed by atoms with van der Waals surface area (Å²) in [7, 11) is 1.32. The molecule has 0 fully saturated rings. The summed E-state index contributed by atoms with van der Waals surface area (Å²) < 4.78 is 4.68. The number of hydrogen-bond acceptors (Lipinski definition) is 3. The molecule has 1 aromatic heterocycles. The van der Waals surface area contributed by atoms with Gasteiger partial charge in [0, 0.05) is 21.3 Å². The number of aromatic nitrogens is 1. The van der Waals surface area contributed by atoms with E-state index in [1.807, 2.05) is 6.07 Å². The summed E-state index contributed by atoms with van der Waals surface area (Å²) in [5.41, 5.74) is 2.48. The van der Waals surface area contributed by atoms with Crippen LogP contribution in [0.2, 0.25) is 10.0 Å². The van der Waals surface area contributed by atoms with E-state index in [0.717, 1.165) is 11.1 Å². The lowest BCUT2D eigenvalue weighted by Crippen LogP contribution is -2.05. The van der Waals surface area contributed by atoms with Gasteiger partial charge in [-0.3, -0.25) is 0 Å². The van der Waals surface area contributed by atoms with Gasteiger partial charge in [-0.1, -0.05) is 23.2 Å². The van der Waals surface area contributed by atoms with Crippen LogP contribution >= 0.6 is 23.2 Å². The number of esters is 1. The van der Waals surface area contributed by atoms with E-state index in [-0.39, 0.29) is 5.69 Å². The van der Waals surface area contributed by atoms with E-state index in [2.05, 4.69) is 9.72 Å². The predicted octanol–water partition coefficient (Wildman–Crippen LogP) is 4.15. The average molecular weight is 296 g/mol. The fourth-order valence-electron chi connectivity index (χ4n) is 1.75. The summed E-state index contributed by atoms with van der Waals surface area (Å²) in [6.45, 7) is 1.80. The minimum atomic E-state index is -0.483. The van der Waals surface area contributed by atoms with Crippen molar-refractivity contribution in [3.8, 4) is 11.1 Å². The van der Waals surface area contributed by atoms with Gasteiger partial charge in [-0.05, 0) is 42.8 Å². The Bertz CT molecular complexity index is 641. The molecule has 0 atom stereocenters. The minimum absolute atomic E-state index is 0.244. The fourth-order valence-corrected chi connectivity index (χ4v) is 2.15. The molecule has 0 unspecified atom stereocenters. The molecule has 0 bridgehead atoms. The van der Waals surface area contributed by atoms with Crippen molar-refractivity contribution in [3.63, 3.8) is 0 Å². The number of hydrogen-bond donors (Lipinski definition) is 0. The first-order valence-corrected chi connectivity index (χ1v) is 6.29. The molecule has 3 nitrogen and oxygen atoms in total. The van der Waals surface area contributed by atoms with Crippen LogP contribution in [0, 0.1) is 6.92 Å². The first-order chi connectivity index (χ1) is 9.01. The second-order valence-corrected chi connectivity index (χ2v) is 4.84. The molecule has 0 N–H and O–H groups in total. The van der Waals surface area contributed by atoms with E-state index in [1.165, 1.54) is 7.11 Å². The SMILES string of the molecule is COC(=O)c1cc(-c2cc(Cl)ccc2Cl)cc(C)n1. The molecular weight excluding hydrogens is 285 g/mol. The molecule has 0 radical (unpaired) electrons. The zero-order valence-electron chi connectivity index (χ0n) is 10.4. The Hall–Kier alpha value is -1.58. The Balaban J connectivity index is 2.59. The Kier molecular flexibility index (Phi) is 4.08. The van der Waals surface area contributed by atoms with Crippen LogP contribution in [0.5, 0.6) is 0 Å². The number of methoxy groups -OCH3 is 1. The molecule has 0 spiro atoms. The van der Waals surface area contributed by atoms with Gasteiger partial charge in [0.05, 0.1) is 7.11 Å². The number of aryl methyl sites for hydroxylation is 1. The fraction of sp³-hybridized carbons (Fsp3) is 0.143. The molecule has 1 heterocycles. The van der Waals surface area contributed by atoms with Crippen LogP contribution in [0.25, 0.3) is 11.1 Å². The molecule has 2 aromatic rings. The Labute approximate surface area is 121 Å². The van der Waals surface area contributed by atoms with Crippen LogP contribution in [-0.4, -0.2) is 18.1 Å². The normalized spacial score (nSPS) is 10.3. The number of rotatable bonds is 2. The maximum atomic E-state index is 11.6. The highest BCUT2D eigenvalue weighted by Crippen LogP contribution is 2.31. The standard InChI is InChI=1S/C14H11Cl2NO2/c1-8-5-9(6-13(17-8)14(18)19-2)11-7-10(15)3-4-12(11)16/h3-7H,1-2H3. The van der Waals surface area contributed by atoms with Crippen molar-refractivity contribution >= 4 is 29.2 Å². The molecule has 2 rings (SSSR count). The van der Waals surface area contributed by atoms with Gasteiger partial charge in [-0.2, -0.15) is 0 Å². The van der Waals surface area contributed by atoms with Gasteiger partial charge in [0.1, 0.15) is 5.69 Å². The zero-order valence-corrected chi connectivity index (χ0v) is 11.9. The van der Waals surface area contributed by atoms with Crippen molar-refractivity contribution in [3.05, 3.63) is 51.8 Å². The largest absolute Gasteiger partial charge is 0.464 e. The van der Waals surface area contributed by atoms with Gasteiger partial charge in [-0.25, -0.2) is 9.78 Å². The summed E-state index contributed by atoms with van der Waals surface area (Å²) in [4.78, 5) is 15.7. The smallest absolute Gasteiger partial charge is 0.356 e. The number of ether oxygens (including phenoxy) is 1.